The van der Waals surface area contributed by atoms with E-state index in [1.165, 1.54) is 12.8 Å². The van der Waals surface area contributed by atoms with Gasteiger partial charge in [0.2, 0.25) is 5.88 Å². The molecule has 3 rings (SSSR count). The lowest BCUT2D eigenvalue weighted by Crippen LogP contribution is -2.11. The third kappa shape index (κ3) is 2.95. The van der Waals surface area contributed by atoms with Gasteiger partial charge in [0.15, 0.2) is 5.82 Å². The van der Waals surface area contributed by atoms with Crippen LogP contribution >= 0.6 is 0 Å². The highest BCUT2D eigenvalue weighted by atomic mass is 16.5. The summed E-state index contributed by atoms with van der Waals surface area (Å²) < 4.78 is 5.65. The van der Waals surface area contributed by atoms with Crippen molar-refractivity contribution in [1.82, 2.24) is 25.6 Å². The highest BCUT2D eigenvalue weighted by molar-refractivity contribution is 5.53. The average molecular weight is 275 g/mol. The van der Waals surface area contributed by atoms with Gasteiger partial charge in [-0.3, -0.25) is 0 Å². The van der Waals surface area contributed by atoms with E-state index in [9.17, 15) is 0 Å². The van der Waals surface area contributed by atoms with Gasteiger partial charge in [-0.05, 0) is 37.8 Å². The Morgan fingerprint density at radius 1 is 1.50 bits per heavy atom. The molecule has 106 valence electrons. The summed E-state index contributed by atoms with van der Waals surface area (Å²) in [4.78, 5) is 4.38. The normalized spacial score (nSPS) is 15.8. The van der Waals surface area contributed by atoms with Crippen LogP contribution in [-0.2, 0) is 0 Å². The van der Waals surface area contributed by atoms with Crippen molar-refractivity contribution in [3.05, 3.63) is 18.0 Å². The molecule has 1 saturated carbocycles. The molecule has 0 bridgehead atoms. The van der Waals surface area contributed by atoms with E-state index in [0.29, 0.717) is 35.7 Å². The van der Waals surface area contributed by atoms with Crippen LogP contribution in [0.1, 0.15) is 31.6 Å². The van der Waals surface area contributed by atoms with Crippen molar-refractivity contribution < 1.29 is 4.74 Å². The number of rotatable bonds is 6. The number of hydrogen-bond acceptors (Lipinski definition) is 7. The van der Waals surface area contributed by atoms with E-state index in [4.69, 9.17) is 10.5 Å². The number of anilines is 2. The highest BCUT2D eigenvalue weighted by Gasteiger charge is 2.22. The Kier molecular flexibility index (Phi) is 3.36. The maximum atomic E-state index is 5.87. The Bertz CT molecular complexity index is 567. The molecular formula is C12H17N7O. The summed E-state index contributed by atoms with van der Waals surface area (Å²) in [5.41, 5.74) is 6.41. The predicted octanol–water partition coefficient (Wildman–Crippen LogP) is 1.14. The van der Waals surface area contributed by atoms with Crippen molar-refractivity contribution in [2.45, 2.75) is 25.8 Å². The Morgan fingerprint density at radius 3 is 3.05 bits per heavy atom. The Balaban J connectivity index is 1.67. The van der Waals surface area contributed by atoms with E-state index in [-0.39, 0.29) is 6.04 Å². The Morgan fingerprint density at radius 2 is 2.35 bits per heavy atom. The molecule has 1 atom stereocenters. The SMILES string of the molecule is CC(Nc1ccc(N)c(OCC2CC2)n1)c1nn[nH]n1. The molecule has 0 saturated heterocycles. The van der Waals surface area contributed by atoms with Crippen LogP contribution in [0.4, 0.5) is 11.5 Å². The van der Waals surface area contributed by atoms with Gasteiger partial charge in [0, 0.05) is 0 Å². The topological polar surface area (TPSA) is 115 Å². The molecule has 1 aliphatic rings. The number of nitrogens with zero attached hydrogens (tertiary/aromatic N) is 4. The van der Waals surface area contributed by atoms with Gasteiger partial charge in [-0.25, -0.2) is 0 Å². The van der Waals surface area contributed by atoms with Gasteiger partial charge in [-0.2, -0.15) is 10.2 Å². The number of nitrogen functional groups attached to an aromatic ring is 1. The van der Waals surface area contributed by atoms with Crippen molar-refractivity contribution in [2.75, 3.05) is 17.7 Å². The molecule has 2 heterocycles. The molecule has 0 aliphatic heterocycles. The van der Waals surface area contributed by atoms with Crippen LogP contribution in [0.15, 0.2) is 12.1 Å². The molecule has 8 heteroatoms. The number of nitrogens with one attached hydrogen (secondary N) is 2. The van der Waals surface area contributed by atoms with Crippen LogP contribution < -0.4 is 15.8 Å². The third-order valence-electron chi connectivity index (χ3n) is 3.16. The summed E-state index contributed by atoms with van der Waals surface area (Å²) >= 11 is 0. The quantitative estimate of drug-likeness (QED) is 0.724. The lowest BCUT2D eigenvalue weighted by atomic mass is 10.3. The summed E-state index contributed by atoms with van der Waals surface area (Å²) in [6.07, 6.45) is 2.46. The van der Waals surface area contributed by atoms with Crippen molar-refractivity contribution >= 4 is 11.5 Å². The molecule has 8 nitrogen and oxygen atoms in total. The molecule has 20 heavy (non-hydrogen) atoms. The second-order valence-corrected chi connectivity index (χ2v) is 4.98. The van der Waals surface area contributed by atoms with E-state index in [1.807, 2.05) is 6.92 Å². The fourth-order valence-corrected chi connectivity index (χ4v) is 1.77. The van der Waals surface area contributed by atoms with Gasteiger partial charge in [0.1, 0.15) is 5.82 Å². The first-order chi connectivity index (χ1) is 9.72. The third-order valence-corrected chi connectivity index (χ3v) is 3.16. The first-order valence-electron chi connectivity index (χ1n) is 6.61. The van der Waals surface area contributed by atoms with Crippen molar-refractivity contribution in [2.24, 2.45) is 5.92 Å². The number of nitrogens with two attached hydrogens (primary N) is 1. The molecule has 4 N–H and O–H groups in total. The molecule has 1 unspecified atom stereocenters. The van der Waals surface area contributed by atoms with Gasteiger partial charge in [0.05, 0.1) is 18.3 Å². The zero-order chi connectivity index (χ0) is 13.9. The van der Waals surface area contributed by atoms with Gasteiger partial charge in [-0.15, -0.1) is 10.2 Å². The van der Waals surface area contributed by atoms with Crippen LogP contribution in [0.25, 0.3) is 0 Å². The average Bonchev–Trinajstić information content (AvgIpc) is 3.10. The minimum Gasteiger partial charge on any atom is -0.476 e. The number of ether oxygens (including phenoxy) is 1. The number of aromatic nitrogens is 5. The van der Waals surface area contributed by atoms with Crippen LogP contribution in [0, 0.1) is 5.92 Å². The van der Waals surface area contributed by atoms with Gasteiger partial charge < -0.3 is 15.8 Å². The van der Waals surface area contributed by atoms with Crippen molar-refractivity contribution in [3.63, 3.8) is 0 Å². The minimum atomic E-state index is -0.110. The first-order valence-corrected chi connectivity index (χ1v) is 6.61. The number of H-pyrrole nitrogens is 1. The molecule has 1 fully saturated rings. The summed E-state index contributed by atoms with van der Waals surface area (Å²) in [5, 5.41) is 17.0. The molecule has 0 spiro atoms. The molecule has 2 aromatic heterocycles. The minimum absolute atomic E-state index is 0.110. The lowest BCUT2D eigenvalue weighted by molar-refractivity contribution is 0.290. The molecule has 0 radical (unpaired) electrons. The van der Waals surface area contributed by atoms with E-state index in [2.05, 4.69) is 30.9 Å². The Labute approximate surface area is 116 Å². The van der Waals surface area contributed by atoms with Crippen molar-refractivity contribution in [3.8, 4) is 5.88 Å². The van der Waals surface area contributed by atoms with E-state index in [1.54, 1.807) is 12.1 Å². The highest BCUT2D eigenvalue weighted by Crippen LogP contribution is 2.31. The zero-order valence-electron chi connectivity index (χ0n) is 11.2. The number of aromatic amines is 1. The Hall–Kier alpha value is -2.38. The van der Waals surface area contributed by atoms with E-state index in [0.717, 1.165) is 0 Å². The summed E-state index contributed by atoms with van der Waals surface area (Å²) in [6.45, 7) is 2.61. The molecule has 2 aromatic rings. The van der Waals surface area contributed by atoms with Crippen LogP contribution in [0.5, 0.6) is 5.88 Å². The molecular weight excluding hydrogens is 258 g/mol. The van der Waals surface area contributed by atoms with Gasteiger partial charge in [-0.1, -0.05) is 5.21 Å². The maximum Gasteiger partial charge on any atom is 0.239 e. The summed E-state index contributed by atoms with van der Waals surface area (Å²) in [5.74, 6) is 2.37. The second kappa shape index (κ2) is 5.32. The zero-order valence-corrected chi connectivity index (χ0v) is 11.2. The standard InChI is InChI=1S/C12H17N7O/c1-7(11-16-18-19-17-11)14-10-5-4-9(13)12(15-10)20-6-8-2-3-8/h4-5,7-8H,2-3,6,13H2,1H3,(H,14,15)(H,16,17,18,19). The fraction of sp³-hybridized carbons (Fsp3) is 0.500. The van der Waals surface area contributed by atoms with E-state index >= 15 is 0 Å². The van der Waals surface area contributed by atoms with Crippen LogP contribution in [0.2, 0.25) is 0 Å². The summed E-state index contributed by atoms with van der Waals surface area (Å²) in [7, 11) is 0. The smallest absolute Gasteiger partial charge is 0.239 e. The van der Waals surface area contributed by atoms with Crippen molar-refractivity contribution in [1.29, 1.82) is 0 Å². The maximum absolute atomic E-state index is 5.87. The number of pyridine rings is 1. The first kappa shape index (κ1) is 12.6. The van der Waals surface area contributed by atoms with E-state index < -0.39 is 0 Å². The second-order valence-electron chi connectivity index (χ2n) is 4.98. The molecule has 0 amide bonds. The number of hydrogen-bond donors (Lipinski definition) is 3. The fourth-order valence-electron chi connectivity index (χ4n) is 1.77. The largest absolute Gasteiger partial charge is 0.476 e. The number of tetrazole rings is 1. The summed E-state index contributed by atoms with van der Waals surface area (Å²) in [6, 6.07) is 3.47. The predicted molar refractivity (Wildman–Crippen MR) is 73.1 cm³/mol. The van der Waals surface area contributed by atoms with Gasteiger partial charge in [0.25, 0.3) is 0 Å². The van der Waals surface area contributed by atoms with Crippen LogP contribution in [0.3, 0.4) is 0 Å². The molecule has 0 aromatic carbocycles. The van der Waals surface area contributed by atoms with Gasteiger partial charge >= 0.3 is 0 Å². The van der Waals surface area contributed by atoms with Crippen LogP contribution in [-0.4, -0.2) is 32.2 Å². The monoisotopic (exact) mass is 275 g/mol. The molecule has 1 aliphatic carbocycles. The lowest BCUT2D eigenvalue weighted by Gasteiger charge is -2.13.